The van der Waals surface area contributed by atoms with Crippen molar-refractivity contribution in [3.05, 3.63) is 144 Å². The molecular formula is C52H65N9O12. The summed E-state index contributed by atoms with van der Waals surface area (Å²) in [5.74, 6) is -5.68. The molecule has 0 aromatic heterocycles. The first-order valence-corrected chi connectivity index (χ1v) is 23.9. The number of unbranched alkanes of at least 4 members (excludes halogenated alkanes) is 2. The maximum atomic E-state index is 14.0. The van der Waals surface area contributed by atoms with Gasteiger partial charge in [0.2, 0.25) is 35.4 Å². The van der Waals surface area contributed by atoms with Crippen LogP contribution in [0.3, 0.4) is 0 Å². The van der Waals surface area contributed by atoms with Gasteiger partial charge in [-0.2, -0.15) is 0 Å². The van der Waals surface area contributed by atoms with Crippen LogP contribution in [0.5, 0.6) is 0 Å². The Labute approximate surface area is 423 Å². The molecule has 8 amide bonds. The molecule has 0 bridgehead atoms. The largest absolute Gasteiger partial charge is 0.480 e. The van der Waals surface area contributed by atoms with E-state index in [1.165, 1.54) is 0 Å². The van der Waals surface area contributed by atoms with Crippen LogP contribution in [0.1, 0.15) is 60.8 Å². The van der Waals surface area contributed by atoms with Gasteiger partial charge in [-0.05, 0) is 60.8 Å². The SMILES string of the molecule is N[C@@H](CCCCNC(=O)OCc1ccccc1)C(=O)N[C@@H](CCCCNC(=O)OCc1ccccc1)C(=O)NCC(=O)N[C@@H](Cc1ccccc1)C(=O)N[C@@H](Cc1ccccc1)C(=O)NCC(=O)NCC(=O)O. The van der Waals surface area contributed by atoms with Crippen molar-refractivity contribution in [1.29, 1.82) is 0 Å². The number of benzene rings is 4. The first-order chi connectivity index (χ1) is 35.2. The molecule has 0 heterocycles. The first kappa shape index (κ1) is 57.3. The molecule has 0 aliphatic carbocycles. The van der Waals surface area contributed by atoms with Crippen LogP contribution in [0, 0.1) is 0 Å². The minimum absolute atomic E-state index is 0.00832. The van der Waals surface area contributed by atoms with Crippen LogP contribution in [0.4, 0.5) is 9.59 Å². The van der Waals surface area contributed by atoms with Gasteiger partial charge in [0, 0.05) is 25.9 Å². The quantitative estimate of drug-likeness (QED) is 0.0323. The second kappa shape index (κ2) is 32.5. The molecule has 11 N–H and O–H groups in total. The van der Waals surface area contributed by atoms with E-state index in [0.717, 1.165) is 11.1 Å². The Balaban J connectivity index is 1.36. The number of ether oxygens (including phenoxy) is 2. The van der Waals surface area contributed by atoms with Crippen molar-refractivity contribution in [3.8, 4) is 0 Å². The number of carbonyl (C=O) groups excluding carboxylic acids is 8. The molecule has 21 heteroatoms. The summed E-state index contributed by atoms with van der Waals surface area (Å²) in [7, 11) is 0. The van der Waals surface area contributed by atoms with Crippen molar-refractivity contribution in [2.24, 2.45) is 5.73 Å². The second-order valence-corrected chi connectivity index (χ2v) is 16.8. The molecule has 4 rings (SSSR count). The van der Waals surface area contributed by atoms with Crippen LogP contribution in [-0.2, 0) is 69.1 Å². The molecule has 4 atom stereocenters. The zero-order valence-electron chi connectivity index (χ0n) is 40.5. The van der Waals surface area contributed by atoms with Crippen LogP contribution in [-0.4, -0.2) is 116 Å². The van der Waals surface area contributed by atoms with E-state index in [2.05, 4.69) is 42.5 Å². The molecule has 21 nitrogen and oxygen atoms in total. The molecule has 0 saturated heterocycles. The Morgan fingerprint density at radius 1 is 0.425 bits per heavy atom. The molecule has 73 heavy (non-hydrogen) atoms. The first-order valence-electron chi connectivity index (χ1n) is 23.9. The molecule has 4 aromatic carbocycles. The summed E-state index contributed by atoms with van der Waals surface area (Å²) in [4.78, 5) is 116. The van der Waals surface area contributed by atoms with E-state index < -0.39 is 97.4 Å². The number of hydrogen-bond donors (Lipinski definition) is 10. The molecule has 0 aliphatic heterocycles. The Bertz CT molecular complexity index is 2380. The molecule has 0 radical (unpaired) electrons. The lowest BCUT2D eigenvalue weighted by molar-refractivity contribution is -0.138. The predicted octanol–water partition coefficient (Wildman–Crippen LogP) is 1.88. The van der Waals surface area contributed by atoms with Crippen molar-refractivity contribution >= 4 is 53.6 Å². The van der Waals surface area contributed by atoms with Crippen LogP contribution < -0.4 is 48.3 Å². The number of hydrogen-bond acceptors (Lipinski definition) is 12. The number of alkyl carbamates (subject to hydrolysis) is 2. The van der Waals surface area contributed by atoms with Gasteiger partial charge < -0.3 is 62.8 Å². The van der Waals surface area contributed by atoms with Gasteiger partial charge in [0.05, 0.1) is 19.1 Å². The highest BCUT2D eigenvalue weighted by molar-refractivity contribution is 5.95. The zero-order valence-corrected chi connectivity index (χ0v) is 40.5. The van der Waals surface area contributed by atoms with Crippen LogP contribution in [0.2, 0.25) is 0 Å². The number of rotatable bonds is 31. The minimum atomic E-state index is -1.28. The molecule has 0 unspecified atom stereocenters. The highest BCUT2D eigenvalue weighted by Crippen LogP contribution is 2.09. The summed E-state index contributed by atoms with van der Waals surface area (Å²) in [6, 6.07) is 31.1. The number of nitrogens with two attached hydrogens (primary N) is 1. The molecule has 0 fully saturated rings. The number of amides is 8. The maximum absolute atomic E-state index is 14.0. The summed E-state index contributed by atoms with van der Waals surface area (Å²) in [5, 5.41) is 29.3. The summed E-state index contributed by atoms with van der Waals surface area (Å²) < 4.78 is 10.5. The van der Waals surface area contributed by atoms with Crippen LogP contribution >= 0.6 is 0 Å². The fraction of sp³-hybridized carbons (Fsp3) is 0.365. The van der Waals surface area contributed by atoms with Gasteiger partial charge in [0.25, 0.3) is 0 Å². The molecular weight excluding hydrogens is 943 g/mol. The third-order valence-electron chi connectivity index (χ3n) is 10.9. The Hall–Kier alpha value is -8.33. The smallest absolute Gasteiger partial charge is 0.407 e. The highest BCUT2D eigenvalue weighted by atomic mass is 16.6. The lowest BCUT2D eigenvalue weighted by atomic mass is 10.0. The topological polar surface area (TPSA) is 315 Å². The van der Waals surface area contributed by atoms with Gasteiger partial charge in [-0.1, -0.05) is 121 Å². The molecule has 0 spiro atoms. The van der Waals surface area contributed by atoms with E-state index in [4.69, 9.17) is 20.3 Å². The summed E-state index contributed by atoms with van der Waals surface area (Å²) >= 11 is 0. The van der Waals surface area contributed by atoms with Gasteiger partial charge in [0.15, 0.2) is 0 Å². The zero-order chi connectivity index (χ0) is 52.6. The van der Waals surface area contributed by atoms with Crippen molar-refractivity contribution in [1.82, 2.24) is 42.5 Å². The second-order valence-electron chi connectivity index (χ2n) is 16.8. The van der Waals surface area contributed by atoms with Gasteiger partial charge in [-0.15, -0.1) is 0 Å². The van der Waals surface area contributed by atoms with Crippen molar-refractivity contribution in [3.63, 3.8) is 0 Å². The number of carboxylic acid groups (broad SMARTS) is 1. The normalized spacial score (nSPS) is 12.2. The van der Waals surface area contributed by atoms with E-state index in [-0.39, 0.29) is 52.0 Å². The Morgan fingerprint density at radius 2 is 0.836 bits per heavy atom. The van der Waals surface area contributed by atoms with Gasteiger partial charge >= 0.3 is 18.2 Å². The van der Waals surface area contributed by atoms with E-state index >= 15 is 0 Å². The van der Waals surface area contributed by atoms with Gasteiger partial charge in [0.1, 0.15) is 37.9 Å². The third kappa shape index (κ3) is 23.9. The fourth-order valence-corrected chi connectivity index (χ4v) is 7.02. The molecule has 390 valence electrons. The predicted molar refractivity (Wildman–Crippen MR) is 268 cm³/mol. The summed E-state index contributed by atoms with van der Waals surface area (Å²) in [5.41, 5.74) is 9.21. The monoisotopic (exact) mass is 1010 g/mol. The van der Waals surface area contributed by atoms with Crippen molar-refractivity contribution in [2.45, 2.75) is 88.7 Å². The lowest BCUT2D eigenvalue weighted by Gasteiger charge is -2.24. The summed E-state index contributed by atoms with van der Waals surface area (Å²) in [6.07, 6.45) is 0.741. The number of nitrogens with one attached hydrogen (secondary N) is 8. The van der Waals surface area contributed by atoms with Gasteiger partial charge in [-0.3, -0.25) is 33.6 Å². The molecule has 4 aromatic rings. The minimum Gasteiger partial charge on any atom is -0.480 e. The number of aliphatic carboxylic acids is 1. The van der Waals surface area contributed by atoms with E-state index in [1.54, 1.807) is 60.7 Å². The maximum Gasteiger partial charge on any atom is 0.407 e. The number of carbonyl (C=O) groups is 9. The van der Waals surface area contributed by atoms with Gasteiger partial charge in [-0.25, -0.2) is 9.59 Å². The lowest BCUT2D eigenvalue weighted by Crippen LogP contribution is -2.57. The third-order valence-corrected chi connectivity index (χ3v) is 10.9. The Kier molecular flexibility index (Phi) is 25.5. The van der Waals surface area contributed by atoms with Crippen molar-refractivity contribution < 1.29 is 57.7 Å². The molecule has 0 saturated carbocycles. The van der Waals surface area contributed by atoms with Crippen LogP contribution in [0.25, 0.3) is 0 Å². The fourth-order valence-electron chi connectivity index (χ4n) is 7.02. The summed E-state index contributed by atoms with van der Waals surface area (Å²) in [6.45, 7) is -1.18. The number of carboxylic acids is 1. The van der Waals surface area contributed by atoms with E-state index in [0.29, 0.717) is 36.8 Å². The average molecular weight is 1010 g/mol. The molecule has 0 aliphatic rings. The standard InChI is InChI=1S/C52H65N9O12/c53-40(25-13-15-27-54-51(70)72-34-38-21-9-3-10-22-38)47(66)60-41(26-14-16-28-55-52(71)73-35-39-23-11-4-12-24-39)48(67)58-32-45(63)59-43(30-37-19-7-2-8-20-37)50(69)61-42(29-36-17-5-1-6-18-36)49(68)57-31-44(62)56-33-46(64)65/h1-12,17-24,40-43H,13-16,25-35,53H2,(H,54,70)(H,55,71)(H,56,62)(H,57,68)(H,58,67)(H,59,63)(H,60,66)(H,61,69)(H,64,65)/t40-,41-,42-,43-/m0/s1. The van der Waals surface area contributed by atoms with Crippen molar-refractivity contribution in [2.75, 3.05) is 32.7 Å². The Morgan fingerprint density at radius 3 is 1.32 bits per heavy atom. The average Bonchev–Trinajstić information content (AvgIpc) is 3.39. The van der Waals surface area contributed by atoms with E-state index in [9.17, 15) is 43.2 Å². The highest BCUT2D eigenvalue weighted by Gasteiger charge is 2.29. The van der Waals surface area contributed by atoms with Crippen LogP contribution in [0.15, 0.2) is 121 Å². The van der Waals surface area contributed by atoms with E-state index in [1.807, 2.05) is 60.7 Å².